The van der Waals surface area contributed by atoms with E-state index in [1.807, 2.05) is 30.3 Å². The standard InChI is InChI=1S/C25H22N4O4/c1-16(19-13-12-18(33-2)14-22(19)30)26-27-24(31)23-20-10-6-7-11-21(20)25(32)29(28-23)15-17-8-4-3-5-9-17/h3-14,30H,15H2,1-2H3,(H,27,31)/b26-16+. The van der Waals surface area contributed by atoms with E-state index in [-0.39, 0.29) is 23.5 Å². The van der Waals surface area contributed by atoms with Crippen molar-refractivity contribution in [3.8, 4) is 11.5 Å². The zero-order valence-electron chi connectivity index (χ0n) is 18.1. The molecule has 0 aliphatic carbocycles. The minimum atomic E-state index is -0.569. The summed E-state index contributed by atoms with van der Waals surface area (Å²) in [7, 11) is 1.50. The van der Waals surface area contributed by atoms with Gasteiger partial charge < -0.3 is 9.84 Å². The van der Waals surface area contributed by atoms with Crippen molar-refractivity contribution in [1.29, 1.82) is 0 Å². The van der Waals surface area contributed by atoms with Gasteiger partial charge in [0, 0.05) is 17.0 Å². The molecule has 166 valence electrons. The van der Waals surface area contributed by atoms with Crippen LogP contribution in [0.5, 0.6) is 11.5 Å². The van der Waals surface area contributed by atoms with Gasteiger partial charge in [0.25, 0.3) is 11.5 Å². The lowest BCUT2D eigenvalue weighted by molar-refractivity contribution is 0.0949. The Balaban J connectivity index is 1.68. The van der Waals surface area contributed by atoms with Gasteiger partial charge in [-0.2, -0.15) is 10.2 Å². The maximum atomic E-state index is 13.0. The van der Waals surface area contributed by atoms with E-state index in [1.165, 1.54) is 17.9 Å². The summed E-state index contributed by atoms with van der Waals surface area (Å²) < 4.78 is 6.36. The number of hydrazone groups is 1. The van der Waals surface area contributed by atoms with Gasteiger partial charge in [-0.15, -0.1) is 0 Å². The molecule has 8 nitrogen and oxygen atoms in total. The molecule has 2 N–H and O–H groups in total. The third-order valence-corrected chi connectivity index (χ3v) is 5.18. The Bertz CT molecular complexity index is 1410. The number of carbonyl (C=O) groups excluding carboxylic acids is 1. The molecule has 1 aromatic heterocycles. The molecule has 0 atom stereocenters. The highest BCUT2D eigenvalue weighted by Crippen LogP contribution is 2.24. The van der Waals surface area contributed by atoms with Crippen molar-refractivity contribution < 1.29 is 14.6 Å². The van der Waals surface area contributed by atoms with E-state index in [2.05, 4.69) is 15.6 Å². The molecule has 4 aromatic rings. The number of methoxy groups -OCH3 is 1. The zero-order valence-corrected chi connectivity index (χ0v) is 18.1. The fraction of sp³-hybridized carbons (Fsp3) is 0.120. The maximum Gasteiger partial charge on any atom is 0.292 e. The first-order valence-corrected chi connectivity index (χ1v) is 10.2. The van der Waals surface area contributed by atoms with Gasteiger partial charge in [0.15, 0.2) is 5.69 Å². The molecule has 8 heteroatoms. The fourth-order valence-electron chi connectivity index (χ4n) is 3.46. The monoisotopic (exact) mass is 442 g/mol. The molecular formula is C25H22N4O4. The molecule has 33 heavy (non-hydrogen) atoms. The number of ether oxygens (including phenoxy) is 1. The normalized spacial score (nSPS) is 11.4. The number of nitrogens with zero attached hydrogens (tertiary/aromatic N) is 3. The van der Waals surface area contributed by atoms with Crippen LogP contribution in [0.4, 0.5) is 0 Å². The van der Waals surface area contributed by atoms with Crippen molar-refractivity contribution in [2.45, 2.75) is 13.5 Å². The number of phenolic OH excluding ortho intramolecular Hbond substituents is 1. The molecule has 0 radical (unpaired) electrons. The van der Waals surface area contributed by atoms with E-state index >= 15 is 0 Å². The minimum Gasteiger partial charge on any atom is -0.507 e. The second kappa shape index (κ2) is 9.35. The van der Waals surface area contributed by atoms with Gasteiger partial charge in [-0.1, -0.05) is 48.5 Å². The predicted octanol–water partition coefficient (Wildman–Crippen LogP) is 3.31. The number of amides is 1. The van der Waals surface area contributed by atoms with Crippen LogP contribution in [0.25, 0.3) is 10.8 Å². The fourth-order valence-corrected chi connectivity index (χ4v) is 3.46. The second-order valence-electron chi connectivity index (χ2n) is 7.36. The quantitative estimate of drug-likeness (QED) is 0.352. The Kier molecular flexibility index (Phi) is 6.17. The topological polar surface area (TPSA) is 106 Å². The molecule has 0 bridgehead atoms. The number of phenols is 1. The number of fused-ring (bicyclic) bond motifs is 1. The van der Waals surface area contributed by atoms with Crippen LogP contribution in [0.1, 0.15) is 28.5 Å². The maximum absolute atomic E-state index is 13.0. The Hall–Kier alpha value is -4.46. The Labute approximate surface area is 189 Å². The highest BCUT2D eigenvalue weighted by molar-refractivity contribution is 6.06. The van der Waals surface area contributed by atoms with Crippen LogP contribution in [0.3, 0.4) is 0 Å². The minimum absolute atomic E-state index is 0.0233. The first kappa shape index (κ1) is 21.8. The molecule has 0 saturated heterocycles. The van der Waals surface area contributed by atoms with E-state index in [0.29, 0.717) is 27.8 Å². The lowest BCUT2D eigenvalue weighted by Crippen LogP contribution is -2.29. The van der Waals surface area contributed by atoms with Gasteiger partial charge in [0.2, 0.25) is 0 Å². The summed E-state index contributed by atoms with van der Waals surface area (Å²) in [5, 5.41) is 19.5. The summed E-state index contributed by atoms with van der Waals surface area (Å²) in [5.74, 6) is -0.0883. The van der Waals surface area contributed by atoms with Crippen LogP contribution in [-0.2, 0) is 6.54 Å². The second-order valence-corrected chi connectivity index (χ2v) is 7.36. The number of benzene rings is 3. The molecule has 0 fully saturated rings. The molecule has 3 aromatic carbocycles. The number of aromatic hydroxyl groups is 1. The average molecular weight is 442 g/mol. The van der Waals surface area contributed by atoms with E-state index in [0.717, 1.165) is 5.56 Å². The van der Waals surface area contributed by atoms with E-state index in [4.69, 9.17) is 4.74 Å². The lowest BCUT2D eigenvalue weighted by Gasteiger charge is -2.11. The van der Waals surface area contributed by atoms with Crippen molar-refractivity contribution in [3.63, 3.8) is 0 Å². The average Bonchev–Trinajstić information content (AvgIpc) is 2.84. The summed E-state index contributed by atoms with van der Waals surface area (Å²) >= 11 is 0. The Morgan fingerprint density at radius 1 is 1.06 bits per heavy atom. The predicted molar refractivity (Wildman–Crippen MR) is 126 cm³/mol. The molecule has 0 spiro atoms. The molecule has 4 rings (SSSR count). The SMILES string of the molecule is COc1ccc(/C(C)=N/NC(=O)c2nn(Cc3ccccc3)c(=O)c3ccccc23)c(O)c1. The number of carbonyl (C=O) groups is 1. The third kappa shape index (κ3) is 4.59. The molecule has 0 unspecified atom stereocenters. The van der Waals surface area contributed by atoms with Crippen molar-refractivity contribution in [1.82, 2.24) is 15.2 Å². The van der Waals surface area contributed by atoms with Crippen molar-refractivity contribution in [2.24, 2.45) is 5.10 Å². The van der Waals surface area contributed by atoms with Gasteiger partial charge >= 0.3 is 0 Å². The number of rotatable bonds is 6. The molecule has 0 aliphatic rings. The number of nitrogens with one attached hydrogen (secondary N) is 1. The van der Waals surface area contributed by atoms with Crippen LogP contribution < -0.4 is 15.7 Å². The van der Waals surface area contributed by atoms with Gasteiger partial charge in [-0.3, -0.25) is 9.59 Å². The molecule has 0 aliphatic heterocycles. The molecule has 0 saturated carbocycles. The summed E-state index contributed by atoms with van der Waals surface area (Å²) in [6, 6.07) is 21.0. The van der Waals surface area contributed by atoms with E-state index in [9.17, 15) is 14.7 Å². The van der Waals surface area contributed by atoms with E-state index in [1.54, 1.807) is 43.3 Å². The first-order valence-electron chi connectivity index (χ1n) is 10.2. The Morgan fingerprint density at radius 2 is 1.76 bits per heavy atom. The highest BCUT2D eigenvalue weighted by atomic mass is 16.5. The largest absolute Gasteiger partial charge is 0.507 e. The van der Waals surface area contributed by atoms with E-state index < -0.39 is 5.91 Å². The van der Waals surface area contributed by atoms with Crippen molar-refractivity contribution in [3.05, 3.63) is 100.0 Å². The highest BCUT2D eigenvalue weighted by Gasteiger charge is 2.17. The third-order valence-electron chi connectivity index (χ3n) is 5.18. The summed E-state index contributed by atoms with van der Waals surface area (Å²) in [5.41, 5.74) is 4.01. The van der Waals surface area contributed by atoms with Gasteiger partial charge in [-0.05, 0) is 30.7 Å². The van der Waals surface area contributed by atoms with Gasteiger partial charge in [0.1, 0.15) is 11.5 Å². The molecule has 1 amide bonds. The number of hydrogen-bond acceptors (Lipinski definition) is 6. The lowest BCUT2D eigenvalue weighted by atomic mass is 10.1. The van der Waals surface area contributed by atoms with Crippen molar-refractivity contribution >= 4 is 22.4 Å². The first-order chi connectivity index (χ1) is 16.0. The number of hydrogen-bond donors (Lipinski definition) is 2. The number of aromatic nitrogens is 2. The van der Waals surface area contributed by atoms with Crippen LogP contribution in [0.2, 0.25) is 0 Å². The van der Waals surface area contributed by atoms with Crippen LogP contribution in [-0.4, -0.2) is 33.6 Å². The van der Waals surface area contributed by atoms with Crippen LogP contribution in [0.15, 0.2) is 82.7 Å². The molecule has 1 heterocycles. The smallest absolute Gasteiger partial charge is 0.292 e. The summed E-state index contributed by atoms with van der Waals surface area (Å²) in [6.07, 6.45) is 0. The van der Waals surface area contributed by atoms with Crippen molar-refractivity contribution in [2.75, 3.05) is 7.11 Å². The van der Waals surface area contributed by atoms with Crippen LogP contribution >= 0.6 is 0 Å². The van der Waals surface area contributed by atoms with Gasteiger partial charge in [-0.25, -0.2) is 10.1 Å². The summed E-state index contributed by atoms with van der Waals surface area (Å²) in [6.45, 7) is 1.89. The van der Waals surface area contributed by atoms with Crippen LogP contribution in [0, 0.1) is 0 Å². The van der Waals surface area contributed by atoms with Gasteiger partial charge in [0.05, 0.1) is 24.8 Å². The summed E-state index contributed by atoms with van der Waals surface area (Å²) in [4.78, 5) is 26.0. The Morgan fingerprint density at radius 3 is 2.45 bits per heavy atom. The zero-order chi connectivity index (χ0) is 23.4. The molecular weight excluding hydrogens is 420 g/mol.